The minimum atomic E-state index is -0.338. The largest absolute Gasteiger partial charge is 0.494 e. The van der Waals surface area contributed by atoms with E-state index in [0.29, 0.717) is 0 Å². The van der Waals surface area contributed by atoms with Gasteiger partial charge in [-0.05, 0) is 42.3 Å². The Bertz CT molecular complexity index is 511. The lowest BCUT2D eigenvalue weighted by molar-refractivity contribution is 0.385. The maximum absolute atomic E-state index is 13.8. The molecule has 0 radical (unpaired) electrons. The number of furan rings is 1. The third-order valence-corrected chi connectivity index (χ3v) is 3.05. The van der Waals surface area contributed by atoms with E-state index in [1.165, 1.54) is 13.2 Å². The van der Waals surface area contributed by atoms with Crippen LogP contribution in [0.2, 0.25) is 0 Å². The number of halogens is 1. The molecular weight excluding hydrogens is 245 g/mol. The van der Waals surface area contributed by atoms with Crippen molar-refractivity contribution in [3.05, 3.63) is 53.7 Å². The Kier molecular flexibility index (Phi) is 4.58. The number of rotatable bonds is 6. The molecule has 0 fully saturated rings. The van der Waals surface area contributed by atoms with Crippen molar-refractivity contribution in [1.82, 2.24) is 5.32 Å². The normalized spacial score (nSPS) is 12.4. The molecule has 0 bridgehead atoms. The quantitative estimate of drug-likeness (QED) is 0.868. The third-order valence-electron chi connectivity index (χ3n) is 3.05. The van der Waals surface area contributed by atoms with E-state index in [-0.39, 0.29) is 17.6 Å². The van der Waals surface area contributed by atoms with E-state index in [9.17, 15) is 4.39 Å². The summed E-state index contributed by atoms with van der Waals surface area (Å²) in [6.45, 7) is 2.85. The Morgan fingerprint density at radius 2 is 2.21 bits per heavy atom. The summed E-state index contributed by atoms with van der Waals surface area (Å²) in [6, 6.07) is 7.04. The lowest BCUT2D eigenvalue weighted by atomic mass is 10.00. The van der Waals surface area contributed by atoms with Crippen LogP contribution in [-0.2, 0) is 6.42 Å². The molecule has 0 saturated heterocycles. The van der Waals surface area contributed by atoms with Crippen LogP contribution in [0.25, 0.3) is 0 Å². The monoisotopic (exact) mass is 263 g/mol. The fraction of sp³-hybridized carbons (Fsp3) is 0.333. The van der Waals surface area contributed by atoms with Crippen molar-refractivity contribution in [2.24, 2.45) is 0 Å². The summed E-state index contributed by atoms with van der Waals surface area (Å²) < 4.78 is 23.8. The van der Waals surface area contributed by atoms with E-state index >= 15 is 0 Å². The van der Waals surface area contributed by atoms with Gasteiger partial charge in [0, 0.05) is 6.04 Å². The molecule has 0 spiro atoms. The molecule has 1 aromatic heterocycles. The van der Waals surface area contributed by atoms with E-state index in [0.717, 1.165) is 24.1 Å². The smallest absolute Gasteiger partial charge is 0.165 e. The van der Waals surface area contributed by atoms with Crippen molar-refractivity contribution < 1.29 is 13.5 Å². The van der Waals surface area contributed by atoms with Gasteiger partial charge in [-0.25, -0.2) is 4.39 Å². The van der Waals surface area contributed by atoms with Crippen LogP contribution in [-0.4, -0.2) is 13.7 Å². The Labute approximate surface area is 112 Å². The van der Waals surface area contributed by atoms with Gasteiger partial charge in [0.15, 0.2) is 11.6 Å². The van der Waals surface area contributed by atoms with Gasteiger partial charge in [-0.1, -0.05) is 13.0 Å². The Morgan fingerprint density at radius 3 is 2.79 bits per heavy atom. The summed E-state index contributed by atoms with van der Waals surface area (Å²) >= 11 is 0. The molecule has 2 rings (SSSR count). The van der Waals surface area contributed by atoms with Gasteiger partial charge in [-0.3, -0.25) is 0 Å². The van der Waals surface area contributed by atoms with E-state index in [1.807, 2.05) is 19.1 Å². The SMILES string of the molecule is CCNC(Cc1ccoc1)c1ccc(OC)c(F)c1. The molecule has 1 heterocycles. The maximum Gasteiger partial charge on any atom is 0.165 e. The second-order valence-electron chi connectivity index (χ2n) is 4.34. The Balaban J connectivity index is 2.20. The zero-order valence-electron chi connectivity index (χ0n) is 11.2. The number of likely N-dealkylation sites (N-methyl/N-ethyl adjacent to an activating group) is 1. The highest BCUT2D eigenvalue weighted by atomic mass is 19.1. The van der Waals surface area contributed by atoms with Crippen molar-refractivity contribution in [1.29, 1.82) is 0 Å². The highest BCUT2D eigenvalue weighted by Crippen LogP contribution is 2.24. The van der Waals surface area contributed by atoms with Crippen molar-refractivity contribution in [3.8, 4) is 5.75 Å². The van der Waals surface area contributed by atoms with Gasteiger partial charge < -0.3 is 14.5 Å². The summed E-state index contributed by atoms with van der Waals surface area (Å²) in [7, 11) is 1.46. The molecule has 1 unspecified atom stereocenters. The van der Waals surface area contributed by atoms with Crippen molar-refractivity contribution >= 4 is 0 Å². The molecule has 0 aliphatic heterocycles. The van der Waals surface area contributed by atoms with Crippen molar-refractivity contribution in [2.45, 2.75) is 19.4 Å². The summed E-state index contributed by atoms with van der Waals surface area (Å²) in [6.07, 6.45) is 4.12. The number of methoxy groups -OCH3 is 1. The fourth-order valence-electron chi connectivity index (χ4n) is 2.10. The van der Waals surface area contributed by atoms with Crippen LogP contribution in [0.15, 0.2) is 41.2 Å². The van der Waals surface area contributed by atoms with E-state index in [4.69, 9.17) is 9.15 Å². The van der Waals surface area contributed by atoms with Crippen LogP contribution in [0.5, 0.6) is 5.75 Å². The highest BCUT2D eigenvalue weighted by Gasteiger charge is 2.14. The summed E-state index contributed by atoms with van der Waals surface area (Å²) in [5, 5.41) is 3.35. The first-order chi connectivity index (χ1) is 9.24. The van der Waals surface area contributed by atoms with Gasteiger partial charge >= 0.3 is 0 Å². The predicted molar refractivity (Wildman–Crippen MR) is 71.8 cm³/mol. The molecular formula is C15H18FNO2. The van der Waals surface area contributed by atoms with Crippen LogP contribution in [0.4, 0.5) is 4.39 Å². The zero-order chi connectivity index (χ0) is 13.7. The fourth-order valence-corrected chi connectivity index (χ4v) is 2.10. The standard InChI is InChI=1S/C15H18FNO2/c1-3-17-14(8-11-6-7-19-10-11)12-4-5-15(18-2)13(16)9-12/h4-7,9-10,14,17H,3,8H2,1-2H3. The zero-order valence-corrected chi connectivity index (χ0v) is 11.2. The van der Waals surface area contributed by atoms with E-state index in [2.05, 4.69) is 5.32 Å². The van der Waals surface area contributed by atoms with Crippen LogP contribution in [0.3, 0.4) is 0 Å². The molecule has 19 heavy (non-hydrogen) atoms. The summed E-state index contributed by atoms with van der Waals surface area (Å²) in [4.78, 5) is 0. The van der Waals surface area contributed by atoms with Gasteiger partial charge in [0.25, 0.3) is 0 Å². The molecule has 2 aromatic rings. The molecule has 102 valence electrons. The first-order valence-corrected chi connectivity index (χ1v) is 6.32. The lowest BCUT2D eigenvalue weighted by Gasteiger charge is -2.18. The Hall–Kier alpha value is -1.81. The van der Waals surface area contributed by atoms with Crippen LogP contribution >= 0.6 is 0 Å². The second kappa shape index (κ2) is 6.38. The van der Waals surface area contributed by atoms with E-state index in [1.54, 1.807) is 18.6 Å². The molecule has 0 saturated carbocycles. The molecule has 1 aromatic carbocycles. The second-order valence-corrected chi connectivity index (χ2v) is 4.34. The number of hydrogen-bond acceptors (Lipinski definition) is 3. The average Bonchev–Trinajstić information content (AvgIpc) is 2.91. The minimum Gasteiger partial charge on any atom is -0.494 e. The molecule has 0 aliphatic rings. The highest BCUT2D eigenvalue weighted by molar-refractivity contribution is 5.31. The van der Waals surface area contributed by atoms with Crippen molar-refractivity contribution in [2.75, 3.05) is 13.7 Å². The number of ether oxygens (including phenoxy) is 1. The van der Waals surface area contributed by atoms with Gasteiger partial charge in [0.1, 0.15) is 0 Å². The van der Waals surface area contributed by atoms with E-state index < -0.39 is 0 Å². The average molecular weight is 263 g/mol. The van der Waals surface area contributed by atoms with Gasteiger partial charge in [-0.2, -0.15) is 0 Å². The molecule has 4 heteroatoms. The Morgan fingerprint density at radius 1 is 1.37 bits per heavy atom. The van der Waals surface area contributed by atoms with Crippen LogP contribution in [0, 0.1) is 5.82 Å². The molecule has 3 nitrogen and oxygen atoms in total. The van der Waals surface area contributed by atoms with Gasteiger partial charge in [-0.15, -0.1) is 0 Å². The summed E-state index contributed by atoms with van der Waals surface area (Å²) in [5.74, 6) is -0.0718. The van der Waals surface area contributed by atoms with Crippen LogP contribution in [0.1, 0.15) is 24.1 Å². The number of hydrogen-bond donors (Lipinski definition) is 1. The number of benzene rings is 1. The van der Waals surface area contributed by atoms with Gasteiger partial charge in [0.2, 0.25) is 0 Å². The maximum atomic E-state index is 13.8. The van der Waals surface area contributed by atoms with Gasteiger partial charge in [0.05, 0.1) is 19.6 Å². The first-order valence-electron chi connectivity index (χ1n) is 6.32. The first kappa shape index (κ1) is 13.6. The third kappa shape index (κ3) is 3.35. The molecule has 0 amide bonds. The lowest BCUT2D eigenvalue weighted by Crippen LogP contribution is -2.23. The topological polar surface area (TPSA) is 34.4 Å². The summed E-state index contributed by atoms with van der Waals surface area (Å²) in [5.41, 5.74) is 1.99. The number of nitrogens with one attached hydrogen (secondary N) is 1. The molecule has 1 atom stereocenters. The van der Waals surface area contributed by atoms with Crippen LogP contribution < -0.4 is 10.1 Å². The predicted octanol–water partition coefficient (Wildman–Crippen LogP) is 3.32. The molecule has 1 N–H and O–H groups in total. The van der Waals surface area contributed by atoms with Crippen molar-refractivity contribution in [3.63, 3.8) is 0 Å². The minimum absolute atomic E-state index is 0.0583. The molecule has 0 aliphatic carbocycles.